The second-order valence-electron chi connectivity index (χ2n) is 7.68. The largest absolute Gasteiger partial charge is 0.378 e. The van der Waals surface area contributed by atoms with E-state index in [1.165, 1.54) is 11.9 Å². The van der Waals surface area contributed by atoms with Crippen molar-refractivity contribution in [2.45, 2.75) is 38.1 Å². The molecule has 2 heterocycles. The lowest BCUT2D eigenvalue weighted by atomic mass is 9.73. The molecule has 0 aromatic rings. The number of likely N-dealkylation sites (N-methyl/N-ethyl adjacent to an activating group) is 1. The first-order valence-corrected chi connectivity index (χ1v) is 9.59. The maximum atomic E-state index is 12.9. The normalized spacial score (nSPS) is 28.4. The molecular formula is C18H28N4O5. The molecule has 3 aliphatic rings. The molecule has 3 rings (SSSR count). The smallest absolute Gasteiger partial charge is 0.325 e. The van der Waals surface area contributed by atoms with E-state index in [-0.39, 0.29) is 30.8 Å². The highest BCUT2D eigenvalue weighted by atomic mass is 16.5. The number of carbonyl (C=O) groups is 4. The molecular weight excluding hydrogens is 352 g/mol. The molecule has 2 atom stereocenters. The Bertz CT molecular complexity index is 633. The third-order valence-electron chi connectivity index (χ3n) is 5.96. The molecule has 1 spiro atoms. The fraction of sp³-hybridized carbons (Fsp3) is 0.778. The number of hydrogen-bond donors (Lipinski definition) is 1. The Morgan fingerprint density at radius 1 is 1.26 bits per heavy atom. The summed E-state index contributed by atoms with van der Waals surface area (Å²) in [6.07, 6.45) is 3.40. The zero-order valence-electron chi connectivity index (χ0n) is 16.0. The zero-order chi connectivity index (χ0) is 19.6. The molecule has 0 bridgehead atoms. The van der Waals surface area contributed by atoms with Crippen molar-refractivity contribution in [2.75, 3.05) is 46.4 Å². The third kappa shape index (κ3) is 3.78. The molecule has 5 amide bonds. The Morgan fingerprint density at radius 2 is 1.96 bits per heavy atom. The van der Waals surface area contributed by atoms with E-state index in [2.05, 4.69) is 5.32 Å². The molecule has 1 aliphatic carbocycles. The van der Waals surface area contributed by atoms with Gasteiger partial charge in [0.1, 0.15) is 12.1 Å². The molecule has 0 aromatic heterocycles. The van der Waals surface area contributed by atoms with Gasteiger partial charge in [-0.1, -0.05) is 19.8 Å². The van der Waals surface area contributed by atoms with Crippen LogP contribution in [0.1, 0.15) is 32.6 Å². The number of morpholine rings is 1. The summed E-state index contributed by atoms with van der Waals surface area (Å²) in [5.41, 5.74) is -0.877. The Hall–Kier alpha value is -2.16. The maximum absolute atomic E-state index is 12.9. The molecule has 9 nitrogen and oxygen atoms in total. The number of rotatable bonds is 4. The minimum absolute atomic E-state index is 0.0448. The molecule has 2 aliphatic heterocycles. The number of hydrogen-bond acceptors (Lipinski definition) is 5. The predicted octanol–water partition coefficient (Wildman–Crippen LogP) is -0.196. The average molecular weight is 380 g/mol. The quantitative estimate of drug-likeness (QED) is 0.681. The van der Waals surface area contributed by atoms with E-state index >= 15 is 0 Å². The van der Waals surface area contributed by atoms with Crippen LogP contribution in [0.3, 0.4) is 0 Å². The highest BCUT2D eigenvalue weighted by Gasteiger charge is 2.55. The van der Waals surface area contributed by atoms with Crippen molar-refractivity contribution in [1.29, 1.82) is 0 Å². The van der Waals surface area contributed by atoms with Gasteiger partial charge in [-0.05, 0) is 18.8 Å². The van der Waals surface area contributed by atoms with Crippen LogP contribution in [0.5, 0.6) is 0 Å². The molecule has 3 fully saturated rings. The van der Waals surface area contributed by atoms with Crippen LogP contribution >= 0.6 is 0 Å². The van der Waals surface area contributed by atoms with Gasteiger partial charge in [-0.15, -0.1) is 0 Å². The van der Waals surface area contributed by atoms with E-state index in [1.54, 1.807) is 4.90 Å². The van der Waals surface area contributed by atoms with Gasteiger partial charge >= 0.3 is 6.03 Å². The highest BCUT2D eigenvalue weighted by molar-refractivity contribution is 6.09. The van der Waals surface area contributed by atoms with Crippen molar-refractivity contribution < 1.29 is 23.9 Å². The molecule has 0 radical (unpaired) electrons. The standard InChI is InChI=1S/C18H28N4O5/c1-13-5-3-4-6-18(13)16(25)22(17(26)19-18)12-14(23)20(2)11-15(24)21-7-9-27-10-8-21/h13H,3-12H2,1-2H3,(H,19,26). The lowest BCUT2D eigenvalue weighted by Crippen LogP contribution is -2.54. The Kier molecular flexibility index (Phi) is 5.69. The molecule has 2 unspecified atom stereocenters. The maximum Gasteiger partial charge on any atom is 0.325 e. The summed E-state index contributed by atoms with van der Waals surface area (Å²) in [4.78, 5) is 54.0. The highest BCUT2D eigenvalue weighted by Crippen LogP contribution is 2.38. The van der Waals surface area contributed by atoms with Gasteiger partial charge in [-0.25, -0.2) is 4.79 Å². The van der Waals surface area contributed by atoms with Crippen LogP contribution in [0.25, 0.3) is 0 Å². The van der Waals surface area contributed by atoms with Crippen molar-refractivity contribution in [3.8, 4) is 0 Å². The van der Waals surface area contributed by atoms with Crippen LogP contribution < -0.4 is 5.32 Å². The minimum Gasteiger partial charge on any atom is -0.378 e. The molecule has 150 valence electrons. The van der Waals surface area contributed by atoms with Gasteiger partial charge < -0.3 is 19.9 Å². The van der Waals surface area contributed by atoms with E-state index < -0.39 is 17.5 Å². The van der Waals surface area contributed by atoms with Crippen molar-refractivity contribution in [1.82, 2.24) is 20.0 Å². The van der Waals surface area contributed by atoms with Gasteiger partial charge in [0.05, 0.1) is 19.8 Å². The van der Waals surface area contributed by atoms with Crippen molar-refractivity contribution in [3.05, 3.63) is 0 Å². The molecule has 27 heavy (non-hydrogen) atoms. The molecule has 0 aromatic carbocycles. The van der Waals surface area contributed by atoms with Crippen LogP contribution in [-0.4, -0.2) is 90.4 Å². The molecule has 2 saturated heterocycles. The van der Waals surface area contributed by atoms with Crippen LogP contribution in [0, 0.1) is 5.92 Å². The first kappa shape index (κ1) is 19.6. The molecule has 1 saturated carbocycles. The topological polar surface area (TPSA) is 99.3 Å². The van der Waals surface area contributed by atoms with Gasteiger partial charge in [0.2, 0.25) is 11.8 Å². The third-order valence-corrected chi connectivity index (χ3v) is 5.96. The first-order valence-electron chi connectivity index (χ1n) is 9.59. The second kappa shape index (κ2) is 7.84. The number of imide groups is 1. The van der Waals surface area contributed by atoms with E-state index in [9.17, 15) is 19.2 Å². The summed E-state index contributed by atoms with van der Waals surface area (Å²) in [6, 6.07) is -0.519. The van der Waals surface area contributed by atoms with Crippen LogP contribution in [0.4, 0.5) is 4.79 Å². The van der Waals surface area contributed by atoms with Gasteiger partial charge in [0.15, 0.2) is 0 Å². The number of nitrogens with one attached hydrogen (secondary N) is 1. The van der Waals surface area contributed by atoms with Gasteiger partial charge in [0.25, 0.3) is 5.91 Å². The summed E-state index contributed by atoms with van der Waals surface area (Å²) >= 11 is 0. The fourth-order valence-corrected chi connectivity index (χ4v) is 4.10. The van der Waals surface area contributed by atoms with E-state index in [1.807, 2.05) is 6.92 Å². The van der Waals surface area contributed by atoms with Crippen LogP contribution in [0.15, 0.2) is 0 Å². The summed E-state index contributed by atoms with van der Waals surface area (Å²) in [5, 5.41) is 2.83. The number of amides is 5. The van der Waals surface area contributed by atoms with Crippen LogP contribution in [0.2, 0.25) is 0 Å². The molecule has 9 heteroatoms. The Morgan fingerprint density at radius 3 is 2.63 bits per heavy atom. The monoisotopic (exact) mass is 380 g/mol. The van der Waals surface area contributed by atoms with E-state index in [4.69, 9.17) is 4.74 Å². The predicted molar refractivity (Wildman–Crippen MR) is 95.6 cm³/mol. The summed E-state index contributed by atoms with van der Waals surface area (Å²) in [6.45, 7) is 3.55. The molecule has 1 N–H and O–H groups in total. The van der Waals surface area contributed by atoms with Crippen molar-refractivity contribution >= 4 is 23.8 Å². The van der Waals surface area contributed by atoms with Gasteiger partial charge in [-0.2, -0.15) is 0 Å². The number of nitrogens with zero attached hydrogens (tertiary/aromatic N) is 3. The van der Waals surface area contributed by atoms with Crippen molar-refractivity contribution in [2.24, 2.45) is 5.92 Å². The minimum atomic E-state index is -0.877. The Labute approximate surface area is 159 Å². The fourth-order valence-electron chi connectivity index (χ4n) is 4.10. The van der Waals surface area contributed by atoms with Crippen LogP contribution in [-0.2, 0) is 19.1 Å². The summed E-state index contributed by atoms with van der Waals surface area (Å²) in [7, 11) is 1.51. The first-order chi connectivity index (χ1) is 12.8. The van der Waals surface area contributed by atoms with Gasteiger partial charge in [0, 0.05) is 20.1 Å². The average Bonchev–Trinajstić information content (AvgIpc) is 2.89. The van der Waals surface area contributed by atoms with Crippen molar-refractivity contribution in [3.63, 3.8) is 0 Å². The lowest BCUT2D eigenvalue weighted by Gasteiger charge is -2.36. The summed E-state index contributed by atoms with van der Waals surface area (Å²) in [5.74, 6) is -0.867. The zero-order valence-corrected chi connectivity index (χ0v) is 16.0. The second-order valence-corrected chi connectivity index (χ2v) is 7.68. The van der Waals surface area contributed by atoms with E-state index in [0.29, 0.717) is 32.7 Å². The SMILES string of the molecule is CC1CCCCC12NC(=O)N(CC(=O)N(C)CC(=O)N1CCOCC1)C2=O. The summed E-state index contributed by atoms with van der Waals surface area (Å²) < 4.78 is 5.21. The number of ether oxygens (including phenoxy) is 1. The number of urea groups is 1. The van der Waals surface area contributed by atoms with E-state index in [0.717, 1.165) is 24.2 Å². The van der Waals surface area contributed by atoms with Gasteiger partial charge in [-0.3, -0.25) is 19.3 Å². The number of carbonyl (C=O) groups excluding carboxylic acids is 4. The Balaban J connectivity index is 1.59. The lowest BCUT2D eigenvalue weighted by molar-refractivity contribution is -0.144.